The molecule has 0 amide bonds. The number of hydrogen-bond acceptors (Lipinski definition) is 5. The maximum Gasteiger partial charge on any atom is 0.273 e. The van der Waals surface area contributed by atoms with Gasteiger partial charge in [-0.3, -0.25) is 10.1 Å². The van der Waals surface area contributed by atoms with Gasteiger partial charge in [-0.15, -0.1) is 0 Å². The summed E-state index contributed by atoms with van der Waals surface area (Å²) in [6.45, 7) is 2.85. The number of aromatic nitrogens is 1. The number of anilines is 1. The average Bonchev–Trinajstić information content (AvgIpc) is 2.47. The lowest BCUT2D eigenvalue weighted by Gasteiger charge is -2.09. The monoisotopic (exact) mass is 307 g/mol. The summed E-state index contributed by atoms with van der Waals surface area (Å²) in [6.07, 6.45) is 2.57. The van der Waals surface area contributed by atoms with E-state index >= 15 is 0 Å². The molecule has 1 aromatic heterocycles. The molecule has 0 radical (unpaired) electrons. The van der Waals surface area contributed by atoms with Gasteiger partial charge < -0.3 is 10.1 Å². The average molecular weight is 308 g/mol. The van der Waals surface area contributed by atoms with Gasteiger partial charge in [0.2, 0.25) is 0 Å². The first kappa shape index (κ1) is 15.1. The van der Waals surface area contributed by atoms with Gasteiger partial charge in [-0.05, 0) is 18.6 Å². The van der Waals surface area contributed by atoms with Crippen LogP contribution < -0.4 is 10.1 Å². The van der Waals surface area contributed by atoms with E-state index < -0.39 is 4.92 Å². The van der Waals surface area contributed by atoms with Gasteiger partial charge >= 0.3 is 0 Å². The van der Waals surface area contributed by atoms with E-state index in [9.17, 15) is 10.1 Å². The van der Waals surface area contributed by atoms with Gasteiger partial charge in [0.1, 0.15) is 11.6 Å². The minimum Gasteiger partial charge on any atom is -0.455 e. The third-order valence-corrected chi connectivity index (χ3v) is 2.95. The summed E-state index contributed by atoms with van der Waals surface area (Å²) in [7, 11) is 0. The Morgan fingerprint density at radius 1 is 1.38 bits per heavy atom. The van der Waals surface area contributed by atoms with E-state index in [1.54, 1.807) is 18.3 Å². The van der Waals surface area contributed by atoms with Crippen LogP contribution in [0.4, 0.5) is 11.5 Å². The van der Waals surface area contributed by atoms with Crippen LogP contribution in [0.25, 0.3) is 0 Å². The number of hydrogen-bond donors (Lipinski definition) is 1. The number of benzene rings is 1. The van der Waals surface area contributed by atoms with Crippen molar-refractivity contribution in [1.82, 2.24) is 4.98 Å². The largest absolute Gasteiger partial charge is 0.455 e. The van der Waals surface area contributed by atoms with Crippen molar-refractivity contribution in [2.24, 2.45) is 0 Å². The lowest BCUT2D eigenvalue weighted by molar-refractivity contribution is -0.384. The molecule has 0 aliphatic carbocycles. The normalized spacial score (nSPS) is 10.2. The molecule has 2 aromatic rings. The predicted molar refractivity (Wildman–Crippen MR) is 81.2 cm³/mol. The van der Waals surface area contributed by atoms with Crippen molar-refractivity contribution in [3.63, 3.8) is 0 Å². The molecular weight excluding hydrogens is 294 g/mol. The van der Waals surface area contributed by atoms with Gasteiger partial charge in [-0.25, -0.2) is 4.98 Å². The molecule has 0 bridgehead atoms. The zero-order chi connectivity index (χ0) is 15.2. The van der Waals surface area contributed by atoms with Gasteiger partial charge in [0.25, 0.3) is 5.69 Å². The van der Waals surface area contributed by atoms with Crippen LogP contribution >= 0.6 is 11.6 Å². The number of halogens is 1. The van der Waals surface area contributed by atoms with E-state index in [-0.39, 0.29) is 11.4 Å². The summed E-state index contributed by atoms with van der Waals surface area (Å²) in [5, 5.41) is 14.2. The van der Waals surface area contributed by atoms with Crippen LogP contribution in [0.15, 0.2) is 36.5 Å². The first-order valence-corrected chi connectivity index (χ1v) is 6.79. The van der Waals surface area contributed by atoms with Crippen molar-refractivity contribution in [2.75, 3.05) is 11.9 Å². The minimum absolute atomic E-state index is 0.0761. The number of nitrogens with zero attached hydrogens (tertiary/aromatic N) is 2. The van der Waals surface area contributed by atoms with Crippen LogP contribution in [0.3, 0.4) is 0 Å². The fourth-order valence-corrected chi connectivity index (χ4v) is 1.79. The smallest absolute Gasteiger partial charge is 0.273 e. The number of non-ortho nitro benzene ring substituents is 1. The minimum atomic E-state index is -0.496. The van der Waals surface area contributed by atoms with Gasteiger partial charge in [-0.1, -0.05) is 18.5 Å². The highest BCUT2D eigenvalue weighted by molar-refractivity contribution is 6.32. The highest BCUT2D eigenvalue weighted by Gasteiger charge is 2.11. The highest BCUT2D eigenvalue weighted by Crippen LogP contribution is 2.33. The van der Waals surface area contributed by atoms with E-state index in [0.717, 1.165) is 13.0 Å². The molecule has 0 aliphatic rings. The Kier molecular flexibility index (Phi) is 4.94. The second kappa shape index (κ2) is 6.90. The Hall–Kier alpha value is -2.34. The number of ether oxygens (including phenoxy) is 1. The number of pyridine rings is 1. The summed E-state index contributed by atoms with van der Waals surface area (Å²) >= 11 is 6.00. The molecule has 0 fully saturated rings. The van der Waals surface area contributed by atoms with Crippen LogP contribution in [0, 0.1) is 10.1 Å². The van der Waals surface area contributed by atoms with Crippen LogP contribution in [0.1, 0.15) is 13.3 Å². The third kappa shape index (κ3) is 4.06. The first-order chi connectivity index (χ1) is 10.1. The van der Waals surface area contributed by atoms with Gasteiger partial charge in [0.05, 0.1) is 16.0 Å². The Morgan fingerprint density at radius 2 is 2.19 bits per heavy atom. The van der Waals surface area contributed by atoms with E-state index in [1.165, 1.54) is 18.2 Å². The van der Waals surface area contributed by atoms with E-state index in [1.807, 2.05) is 0 Å². The van der Waals surface area contributed by atoms with Gasteiger partial charge in [0.15, 0.2) is 5.75 Å². The fraction of sp³-hybridized carbons (Fsp3) is 0.214. The second-order valence-corrected chi connectivity index (χ2v) is 4.68. The Labute approximate surface area is 126 Å². The lowest BCUT2D eigenvalue weighted by atomic mass is 10.3. The van der Waals surface area contributed by atoms with Crippen LogP contribution in [0.2, 0.25) is 5.02 Å². The van der Waals surface area contributed by atoms with Crippen LogP contribution in [0.5, 0.6) is 11.5 Å². The summed E-state index contributed by atoms with van der Waals surface area (Å²) in [6, 6.07) is 7.43. The zero-order valence-corrected chi connectivity index (χ0v) is 12.1. The Bertz CT molecular complexity index is 649. The molecule has 1 aromatic carbocycles. The van der Waals surface area contributed by atoms with Crippen molar-refractivity contribution < 1.29 is 9.66 Å². The first-order valence-electron chi connectivity index (χ1n) is 6.42. The summed E-state index contributed by atoms with van der Waals surface area (Å²) < 4.78 is 5.60. The molecule has 1 N–H and O–H groups in total. The maximum atomic E-state index is 10.8. The van der Waals surface area contributed by atoms with Crippen molar-refractivity contribution in [3.05, 3.63) is 51.7 Å². The second-order valence-electron chi connectivity index (χ2n) is 4.28. The topological polar surface area (TPSA) is 77.3 Å². The Balaban J connectivity index is 2.21. The molecule has 21 heavy (non-hydrogen) atoms. The van der Waals surface area contributed by atoms with E-state index in [4.69, 9.17) is 16.3 Å². The molecular formula is C14H14ClN3O3. The van der Waals surface area contributed by atoms with E-state index in [2.05, 4.69) is 17.2 Å². The van der Waals surface area contributed by atoms with Gasteiger partial charge in [0, 0.05) is 24.9 Å². The van der Waals surface area contributed by atoms with Gasteiger partial charge in [-0.2, -0.15) is 0 Å². The fourth-order valence-electron chi connectivity index (χ4n) is 1.64. The SMILES string of the molecule is CCCNc1cc(Oc2cc([N+](=O)[O-])ccc2Cl)ccn1. The molecule has 0 saturated carbocycles. The molecule has 0 atom stereocenters. The molecule has 2 rings (SSSR count). The third-order valence-electron chi connectivity index (χ3n) is 2.64. The van der Waals surface area contributed by atoms with Crippen LogP contribution in [-0.2, 0) is 0 Å². The quantitative estimate of drug-likeness (QED) is 0.637. The molecule has 1 heterocycles. The number of nitrogens with one attached hydrogen (secondary N) is 1. The summed E-state index contributed by atoms with van der Waals surface area (Å²) in [4.78, 5) is 14.4. The molecule has 6 nitrogen and oxygen atoms in total. The standard InChI is InChI=1S/C14H14ClN3O3/c1-2-6-16-14-9-11(5-7-17-14)21-13-8-10(18(19)20)3-4-12(13)15/h3-5,7-9H,2,6H2,1H3,(H,16,17). The lowest BCUT2D eigenvalue weighted by Crippen LogP contribution is -2.01. The van der Waals surface area contributed by atoms with E-state index in [0.29, 0.717) is 16.6 Å². The summed E-state index contributed by atoms with van der Waals surface area (Å²) in [5.41, 5.74) is -0.0761. The number of rotatable bonds is 6. The van der Waals surface area contributed by atoms with Crippen LogP contribution in [-0.4, -0.2) is 16.5 Å². The zero-order valence-electron chi connectivity index (χ0n) is 11.4. The van der Waals surface area contributed by atoms with Crippen molar-refractivity contribution in [2.45, 2.75) is 13.3 Å². The molecule has 110 valence electrons. The predicted octanol–water partition coefficient (Wildman–Crippen LogP) is 4.26. The molecule has 0 saturated heterocycles. The number of nitro groups is 1. The summed E-state index contributed by atoms with van der Waals surface area (Å²) in [5.74, 6) is 1.42. The van der Waals surface area contributed by atoms with Crippen molar-refractivity contribution in [1.29, 1.82) is 0 Å². The highest BCUT2D eigenvalue weighted by atomic mass is 35.5. The molecule has 7 heteroatoms. The van der Waals surface area contributed by atoms with Crippen molar-refractivity contribution in [3.8, 4) is 11.5 Å². The van der Waals surface area contributed by atoms with Crippen molar-refractivity contribution >= 4 is 23.1 Å². The molecule has 0 unspecified atom stereocenters. The Morgan fingerprint density at radius 3 is 2.90 bits per heavy atom. The molecule has 0 spiro atoms. The molecule has 0 aliphatic heterocycles. The maximum absolute atomic E-state index is 10.8. The number of nitro benzene ring substituents is 1.